The summed E-state index contributed by atoms with van der Waals surface area (Å²) >= 11 is 0. The molecule has 0 aliphatic heterocycles. The summed E-state index contributed by atoms with van der Waals surface area (Å²) in [7, 11) is -4.27. The highest BCUT2D eigenvalue weighted by Gasteiger charge is 2.31. The summed E-state index contributed by atoms with van der Waals surface area (Å²) in [5.41, 5.74) is -1.07. The fourth-order valence-corrected chi connectivity index (χ4v) is 2.94. The number of alkyl halides is 3. The summed E-state index contributed by atoms with van der Waals surface area (Å²) in [5, 5.41) is 3.83. The molecule has 3 rings (SSSR count). The van der Waals surface area contributed by atoms with Gasteiger partial charge in [-0.1, -0.05) is 6.07 Å². The summed E-state index contributed by atoms with van der Waals surface area (Å²) in [4.78, 5) is 10.8. The number of nitrogens with one attached hydrogen (secondary N) is 1. The molecule has 3 aromatic rings. The third-order valence-electron chi connectivity index (χ3n) is 3.02. The molecule has 0 radical (unpaired) electrons. The predicted molar refractivity (Wildman–Crippen MR) is 79.2 cm³/mol. The van der Waals surface area contributed by atoms with E-state index < -0.39 is 26.7 Å². The van der Waals surface area contributed by atoms with Crippen LogP contribution in [0.25, 0.3) is 5.82 Å². The molecule has 1 N–H and O–H groups in total. The Morgan fingerprint density at radius 3 is 2.56 bits per heavy atom. The second-order valence-corrected chi connectivity index (χ2v) is 6.41. The van der Waals surface area contributed by atoms with E-state index in [2.05, 4.69) is 24.8 Å². The molecule has 130 valence electrons. The molecule has 25 heavy (non-hydrogen) atoms. The van der Waals surface area contributed by atoms with Crippen LogP contribution in [0.3, 0.4) is 0 Å². The number of benzene rings is 1. The Morgan fingerprint density at radius 2 is 1.88 bits per heavy atom. The molecule has 0 saturated carbocycles. The second kappa shape index (κ2) is 6.12. The molecule has 0 bridgehead atoms. The lowest BCUT2D eigenvalue weighted by Gasteiger charge is -2.11. The zero-order valence-electron chi connectivity index (χ0n) is 12.2. The maximum Gasteiger partial charge on any atom is 0.416 e. The van der Waals surface area contributed by atoms with Crippen molar-refractivity contribution in [2.24, 2.45) is 0 Å². The monoisotopic (exact) mass is 370 g/mol. The van der Waals surface area contributed by atoms with Crippen LogP contribution in [0.4, 0.5) is 19.0 Å². The summed E-state index contributed by atoms with van der Waals surface area (Å²) < 4.78 is 66.2. The maximum atomic E-state index is 12.7. The highest BCUT2D eigenvalue weighted by Crippen LogP contribution is 2.30. The van der Waals surface area contributed by atoms with Gasteiger partial charge < -0.3 is 0 Å². The van der Waals surface area contributed by atoms with Crippen LogP contribution in [0, 0.1) is 0 Å². The van der Waals surface area contributed by atoms with Gasteiger partial charge in [-0.2, -0.15) is 18.3 Å². The molecule has 12 heteroatoms. The Kier molecular flexibility index (Phi) is 4.12. The standard InChI is InChI=1S/C13H9F3N6O2S/c14-13(15,16)9-2-1-3-10(4-9)25(23,24)21-11-5-12(19-7-18-11)22-8-17-6-20-22/h1-8H,(H,18,19,21). The molecule has 0 saturated heterocycles. The van der Waals surface area contributed by atoms with Gasteiger partial charge in [-0.25, -0.2) is 28.1 Å². The van der Waals surface area contributed by atoms with Crippen molar-refractivity contribution in [2.75, 3.05) is 4.72 Å². The third kappa shape index (κ3) is 3.74. The van der Waals surface area contributed by atoms with E-state index in [1.165, 1.54) is 23.4 Å². The van der Waals surface area contributed by atoms with Crippen LogP contribution in [0.1, 0.15) is 5.56 Å². The predicted octanol–water partition coefficient (Wildman–Crippen LogP) is 1.88. The third-order valence-corrected chi connectivity index (χ3v) is 4.37. The van der Waals surface area contributed by atoms with Crippen molar-refractivity contribution in [3.05, 3.63) is 54.9 Å². The van der Waals surface area contributed by atoms with Crippen molar-refractivity contribution < 1.29 is 21.6 Å². The smallest absolute Gasteiger partial charge is 0.263 e. The van der Waals surface area contributed by atoms with E-state index in [1.807, 2.05) is 0 Å². The fourth-order valence-electron chi connectivity index (χ4n) is 1.89. The first-order valence-corrected chi connectivity index (χ1v) is 8.11. The zero-order chi connectivity index (χ0) is 18.1. The van der Waals surface area contributed by atoms with Gasteiger partial charge >= 0.3 is 6.18 Å². The Balaban J connectivity index is 1.91. The minimum atomic E-state index is -4.65. The van der Waals surface area contributed by atoms with Crippen LogP contribution >= 0.6 is 0 Å². The Labute approximate surface area is 139 Å². The highest BCUT2D eigenvalue weighted by molar-refractivity contribution is 7.92. The number of halogens is 3. The summed E-state index contributed by atoms with van der Waals surface area (Å²) in [6.07, 6.45) is -0.969. The number of sulfonamides is 1. The van der Waals surface area contributed by atoms with Crippen molar-refractivity contribution in [3.8, 4) is 5.82 Å². The zero-order valence-corrected chi connectivity index (χ0v) is 13.0. The SMILES string of the molecule is O=S(=O)(Nc1cc(-n2cncn2)ncn1)c1cccc(C(F)(F)F)c1. The lowest BCUT2D eigenvalue weighted by molar-refractivity contribution is -0.137. The minimum Gasteiger partial charge on any atom is -0.263 e. The lowest BCUT2D eigenvalue weighted by Crippen LogP contribution is -2.16. The highest BCUT2D eigenvalue weighted by atomic mass is 32.2. The van der Waals surface area contributed by atoms with E-state index in [9.17, 15) is 21.6 Å². The van der Waals surface area contributed by atoms with Gasteiger partial charge in [0.25, 0.3) is 10.0 Å². The van der Waals surface area contributed by atoms with Gasteiger partial charge in [0.2, 0.25) is 0 Å². The quantitative estimate of drug-likeness (QED) is 0.752. The van der Waals surface area contributed by atoms with Gasteiger partial charge in [0.05, 0.1) is 10.5 Å². The van der Waals surface area contributed by atoms with Crippen LogP contribution < -0.4 is 4.72 Å². The second-order valence-electron chi connectivity index (χ2n) is 4.73. The molecule has 8 nitrogen and oxygen atoms in total. The molecule has 0 amide bonds. The van der Waals surface area contributed by atoms with Crippen LogP contribution in [-0.4, -0.2) is 33.2 Å². The molecule has 0 unspecified atom stereocenters. The number of hydrogen-bond acceptors (Lipinski definition) is 6. The topological polar surface area (TPSA) is 103 Å². The molecule has 2 aromatic heterocycles. The number of nitrogens with zero attached hydrogens (tertiary/aromatic N) is 5. The van der Waals surface area contributed by atoms with E-state index >= 15 is 0 Å². The average Bonchev–Trinajstić information content (AvgIpc) is 3.08. The molecular weight excluding hydrogens is 361 g/mol. The van der Waals surface area contributed by atoms with Crippen molar-refractivity contribution in [1.82, 2.24) is 24.7 Å². The van der Waals surface area contributed by atoms with E-state index in [4.69, 9.17) is 0 Å². The normalized spacial score (nSPS) is 12.1. The van der Waals surface area contributed by atoms with Gasteiger partial charge in [0.1, 0.15) is 24.8 Å². The van der Waals surface area contributed by atoms with Crippen molar-refractivity contribution in [3.63, 3.8) is 0 Å². The molecule has 0 fully saturated rings. The average molecular weight is 370 g/mol. The van der Waals surface area contributed by atoms with E-state index in [1.54, 1.807) is 0 Å². The fraction of sp³-hybridized carbons (Fsp3) is 0.0769. The van der Waals surface area contributed by atoms with Crippen LogP contribution in [0.15, 0.2) is 54.2 Å². The molecule has 1 aromatic carbocycles. The number of aromatic nitrogens is 5. The number of anilines is 1. The Bertz CT molecular complexity index is 989. The van der Waals surface area contributed by atoms with Gasteiger partial charge in [0, 0.05) is 6.07 Å². The molecule has 0 aliphatic rings. The Morgan fingerprint density at radius 1 is 1.08 bits per heavy atom. The van der Waals surface area contributed by atoms with Crippen LogP contribution in [-0.2, 0) is 16.2 Å². The molecular formula is C13H9F3N6O2S. The maximum absolute atomic E-state index is 12.7. The first-order chi connectivity index (χ1) is 11.8. The van der Waals surface area contributed by atoms with Gasteiger partial charge in [-0.05, 0) is 18.2 Å². The molecule has 0 aliphatic carbocycles. The summed E-state index contributed by atoms with van der Waals surface area (Å²) in [5.74, 6) is 0.104. The first-order valence-electron chi connectivity index (χ1n) is 6.63. The van der Waals surface area contributed by atoms with E-state index in [0.717, 1.165) is 24.5 Å². The summed E-state index contributed by atoms with van der Waals surface area (Å²) in [6.45, 7) is 0. The van der Waals surface area contributed by atoms with Crippen molar-refractivity contribution in [2.45, 2.75) is 11.1 Å². The summed E-state index contributed by atoms with van der Waals surface area (Å²) in [6, 6.07) is 4.66. The van der Waals surface area contributed by atoms with Crippen molar-refractivity contribution >= 4 is 15.8 Å². The minimum absolute atomic E-state index is 0.127. The Hall–Kier alpha value is -3.02. The van der Waals surface area contributed by atoms with Gasteiger partial charge in [0.15, 0.2) is 5.82 Å². The van der Waals surface area contributed by atoms with Gasteiger partial charge in [-0.15, -0.1) is 0 Å². The number of hydrogen-bond donors (Lipinski definition) is 1. The van der Waals surface area contributed by atoms with E-state index in [-0.39, 0.29) is 11.6 Å². The first kappa shape index (κ1) is 16.8. The lowest BCUT2D eigenvalue weighted by atomic mass is 10.2. The van der Waals surface area contributed by atoms with Gasteiger partial charge in [-0.3, -0.25) is 4.72 Å². The van der Waals surface area contributed by atoms with Crippen molar-refractivity contribution in [1.29, 1.82) is 0 Å². The molecule has 0 spiro atoms. The molecule has 0 atom stereocenters. The van der Waals surface area contributed by atoms with Crippen LogP contribution in [0.5, 0.6) is 0 Å². The van der Waals surface area contributed by atoms with E-state index in [0.29, 0.717) is 6.07 Å². The number of rotatable bonds is 4. The van der Waals surface area contributed by atoms with Crippen LogP contribution in [0.2, 0.25) is 0 Å². The largest absolute Gasteiger partial charge is 0.416 e. The molecule has 2 heterocycles.